The van der Waals surface area contributed by atoms with Crippen LogP contribution in [0.15, 0.2) is 29.0 Å². The van der Waals surface area contributed by atoms with Crippen LogP contribution in [0.3, 0.4) is 0 Å². The van der Waals surface area contributed by atoms with Gasteiger partial charge in [0.1, 0.15) is 5.82 Å². The highest BCUT2D eigenvalue weighted by molar-refractivity contribution is 7.08. The number of pyridine rings is 1. The molecule has 0 saturated carbocycles. The third kappa shape index (κ3) is 2.80. The molecule has 2 rings (SSSR count). The fourth-order valence-electron chi connectivity index (χ4n) is 1.41. The number of aromatic nitrogens is 1. The molecule has 0 atom stereocenters. The predicted octanol–water partition coefficient (Wildman–Crippen LogP) is 1.99. The molecule has 0 aromatic carbocycles. The molecule has 2 aromatic rings. The number of anilines is 2. The molecule has 0 aliphatic carbocycles. The number of amides is 1. The number of nitrogens with two attached hydrogens (primary N) is 1. The fourth-order valence-corrected chi connectivity index (χ4v) is 2.00. The topological polar surface area (TPSA) is 80.0 Å². The molecule has 0 spiro atoms. The number of aryl methyl sites for hydroxylation is 1. The monoisotopic (exact) mass is 248 g/mol. The van der Waals surface area contributed by atoms with Crippen molar-refractivity contribution in [2.24, 2.45) is 5.84 Å². The summed E-state index contributed by atoms with van der Waals surface area (Å²) in [5.41, 5.74) is 4.48. The van der Waals surface area contributed by atoms with Crippen molar-refractivity contribution in [2.75, 3.05) is 10.7 Å². The maximum atomic E-state index is 11.9. The van der Waals surface area contributed by atoms with E-state index in [1.165, 1.54) is 11.3 Å². The first-order chi connectivity index (χ1) is 8.19. The molecule has 0 aliphatic rings. The van der Waals surface area contributed by atoms with Crippen LogP contribution in [0.5, 0.6) is 0 Å². The Bertz CT molecular complexity index is 524. The number of hydrogen-bond donors (Lipinski definition) is 3. The van der Waals surface area contributed by atoms with Gasteiger partial charge < -0.3 is 10.7 Å². The molecule has 5 nitrogen and oxygen atoms in total. The normalized spacial score (nSPS) is 10.0. The van der Waals surface area contributed by atoms with Gasteiger partial charge in [-0.15, -0.1) is 0 Å². The molecule has 0 fully saturated rings. The van der Waals surface area contributed by atoms with Crippen molar-refractivity contribution in [3.05, 3.63) is 40.2 Å². The number of nitrogen functional groups attached to an aromatic ring is 1. The largest absolute Gasteiger partial charge is 0.321 e. The first-order valence-electron chi connectivity index (χ1n) is 4.98. The minimum absolute atomic E-state index is 0.176. The maximum Gasteiger partial charge on any atom is 0.255 e. The summed E-state index contributed by atoms with van der Waals surface area (Å²) in [5.74, 6) is 5.58. The van der Waals surface area contributed by atoms with Gasteiger partial charge >= 0.3 is 0 Å². The van der Waals surface area contributed by atoms with E-state index in [2.05, 4.69) is 15.7 Å². The highest BCUT2D eigenvalue weighted by atomic mass is 32.1. The molecule has 0 bridgehead atoms. The van der Waals surface area contributed by atoms with Crippen molar-refractivity contribution in [1.82, 2.24) is 4.98 Å². The SMILES string of the molecule is Cc1cc(C(=O)Nc2ccsc2)cc(NN)n1. The standard InChI is InChI=1S/C11H12N4OS/c1-7-4-8(5-10(13-7)15-12)11(16)14-9-2-3-17-6-9/h2-6H,12H2,1H3,(H,13,15)(H,14,16). The van der Waals surface area contributed by atoms with Crippen LogP contribution >= 0.6 is 11.3 Å². The van der Waals surface area contributed by atoms with Gasteiger partial charge in [-0.3, -0.25) is 4.79 Å². The number of thiophene rings is 1. The summed E-state index contributed by atoms with van der Waals surface area (Å²) in [4.78, 5) is 16.0. The second-order valence-corrected chi connectivity index (χ2v) is 4.27. The van der Waals surface area contributed by atoms with Crippen molar-refractivity contribution in [1.29, 1.82) is 0 Å². The molecule has 0 aliphatic heterocycles. The third-order valence-electron chi connectivity index (χ3n) is 2.14. The summed E-state index contributed by atoms with van der Waals surface area (Å²) in [6.45, 7) is 1.81. The molecule has 4 N–H and O–H groups in total. The Hall–Kier alpha value is -1.92. The summed E-state index contributed by atoms with van der Waals surface area (Å²) in [7, 11) is 0. The number of hydrogen-bond acceptors (Lipinski definition) is 5. The average molecular weight is 248 g/mol. The second kappa shape index (κ2) is 4.94. The lowest BCUT2D eigenvalue weighted by Crippen LogP contribution is -2.14. The van der Waals surface area contributed by atoms with Gasteiger partial charge in [0.2, 0.25) is 0 Å². The van der Waals surface area contributed by atoms with E-state index in [1.807, 2.05) is 23.8 Å². The third-order valence-corrected chi connectivity index (χ3v) is 2.83. The number of nitrogens with zero attached hydrogens (tertiary/aromatic N) is 1. The summed E-state index contributed by atoms with van der Waals surface area (Å²) in [5, 5.41) is 6.56. The zero-order chi connectivity index (χ0) is 12.3. The molecular formula is C11H12N4OS. The smallest absolute Gasteiger partial charge is 0.255 e. The lowest BCUT2D eigenvalue weighted by molar-refractivity contribution is 0.102. The Kier molecular flexibility index (Phi) is 3.36. The van der Waals surface area contributed by atoms with Gasteiger partial charge in [-0.25, -0.2) is 10.8 Å². The van der Waals surface area contributed by atoms with Crippen LogP contribution in [0, 0.1) is 6.92 Å². The summed E-state index contributed by atoms with van der Waals surface area (Å²) in [6.07, 6.45) is 0. The van der Waals surface area contributed by atoms with Crippen molar-refractivity contribution >= 4 is 28.7 Å². The van der Waals surface area contributed by atoms with Crippen LogP contribution < -0.4 is 16.6 Å². The van der Waals surface area contributed by atoms with E-state index in [4.69, 9.17) is 5.84 Å². The van der Waals surface area contributed by atoms with E-state index in [-0.39, 0.29) is 5.91 Å². The Balaban J connectivity index is 2.21. The first-order valence-corrected chi connectivity index (χ1v) is 5.92. The molecule has 88 valence electrons. The van der Waals surface area contributed by atoms with Crippen LogP contribution in [0.4, 0.5) is 11.5 Å². The number of nitrogens with one attached hydrogen (secondary N) is 2. The summed E-state index contributed by atoms with van der Waals surface area (Å²) in [6, 6.07) is 5.16. The van der Waals surface area contributed by atoms with Crippen molar-refractivity contribution in [3.63, 3.8) is 0 Å². The van der Waals surface area contributed by atoms with E-state index in [1.54, 1.807) is 12.1 Å². The van der Waals surface area contributed by atoms with Crippen LogP contribution in [-0.4, -0.2) is 10.9 Å². The number of rotatable bonds is 3. The number of carbonyl (C=O) groups is 1. The lowest BCUT2D eigenvalue weighted by Gasteiger charge is -2.06. The maximum absolute atomic E-state index is 11.9. The van der Waals surface area contributed by atoms with E-state index < -0.39 is 0 Å². The lowest BCUT2D eigenvalue weighted by atomic mass is 10.2. The van der Waals surface area contributed by atoms with Gasteiger partial charge in [-0.2, -0.15) is 11.3 Å². The predicted molar refractivity (Wildman–Crippen MR) is 69.1 cm³/mol. The van der Waals surface area contributed by atoms with Gasteiger partial charge in [0.25, 0.3) is 5.91 Å². The van der Waals surface area contributed by atoms with Crippen LogP contribution in [-0.2, 0) is 0 Å². The minimum atomic E-state index is -0.176. The molecule has 6 heteroatoms. The van der Waals surface area contributed by atoms with Crippen molar-refractivity contribution in [2.45, 2.75) is 6.92 Å². The molecule has 2 heterocycles. The number of carbonyl (C=O) groups excluding carboxylic acids is 1. The van der Waals surface area contributed by atoms with Crippen LogP contribution in [0.1, 0.15) is 16.1 Å². The molecule has 17 heavy (non-hydrogen) atoms. The van der Waals surface area contributed by atoms with Crippen LogP contribution in [0.25, 0.3) is 0 Å². The highest BCUT2D eigenvalue weighted by Gasteiger charge is 2.08. The minimum Gasteiger partial charge on any atom is -0.321 e. The van der Waals surface area contributed by atoms with Gasteiger partial charge in [0.15, 0.2) is 0 Å². The van der Waals surface area contributed by atoms with Crippen molar-refractivity contribution < 1.29 is 4.79 Å². The molecule has 0 saturated heterocycles. The summed E-state index contributed by atoms with van der Waals surface area (Å²) < 4.78 is 0. The van der Waals surface area contributed by atoms with E-state index >= 15 is 0 Å². The van der Waals surface area contributed by atoms with Gasteiger partial charge in [0, 0.05) is 16.6 Å². The molecular weight excluding hydrogens is 236 g/mol. The Labute approximate surface area is 103 Å². The molecule has 1 amide bonds. The average Bonchev–Trinajstić information content (AvgIpc) is 2.81. The van der Waals surface area contributed by atoms with Crippen molar-refractivity contribution in [3.8, 4) is 0 Å². The zero-order valence-corrected chi connectivity index (χ0v) is 10.0. The highest BCUT2D eigenvalue weighted by Crippen LogP contribution is 2.15. The Morgan fingerprint density at radius 2 is 2.29 bits per heavy atom. The van der Waals surface area contributed by atoms with Gasteiger partial charge in [0.05, 0.1) is 5.69 Å². The molecule has 2 aromatic heterocycles. The van der Waals surface area contributed by atoms with E-state index in [0.717, 1.165) is 11.4 Å². The van der Waals surface area contributed by atoms with E-state index in [9.17, 15) is 4.79 Å². The first kappa shape index (κ1) is 11.6. The van der Waals surface area contributed by atoms with Crippen LogP contribution in [0.2, 0.25) is 0 Å². The second-order valence-electron chi connectivity index (χ2n) is 3.49. The Morgan fingerprint density at radius 1 is 1.47 bits per heavy atom. The molecule has 0 unspecified atom stereocenters. The Morgan fingerprint density at radius 3 is 2.94 bits per heavy atom. The quantitative estimate of drug-likeness (QED) is 0.573. The fraction of sp³-hybridized carbons (Fsp3) is 0.0909. The van der Waals surface area contributed by atoms with Gasteiger partial charge in [-0.1, -0.05) is 0 Å². The number of hydrazine groups is 1. The van der Waals surface area contributed by atoms with E-state index in [0.29, 0.717) is 11.4 Å². The summed E-state index contributed by atoms with van der Waals surface area (Å²) >= 11 is 1.53. The van der Waals surface area contributed by atoms with Gasteiger partial charge in [-0.05, 0) is 30.5 Å². The molecule has 0 radical (unpaired) electrons. The zero-order valence-electron chi connectivity index (χ0n) is 9.23.